The second-order valence-electron chi connectivity index (χ2n) is 9.80. The van der Waals surface area contributed by atoms with Crippen LogP contribution in [0.25, 0.3) is 0 Å². The number of carbonyl (C=O) groups excluding carboxylic acids is 1. The van der Waals surface area contributed by atoms with E-state index in [4.69, 9.17) is 5.73 Å². The Morgan fingerprint density at radius 3 is 2.74 bits per heavy atom. The molecule has 0 saturated carbocycles. The van der Waals surface area contributed by atoms with Gasteiger partial charge in [0.05, 0.1) is 0 Å². The Balaban J connectivity index is 1.46. The third-order valence-corrected chi connectivity index (χ3v) is 7.93. The predicted molar refractivity (Wildman–Crippen MR) is 139 cm³/mol. The Bertz CT molecular complexity index is 1350. The Hall–Kier alpha value is -3.29. The molecule has 4 N–H and O–H groups in total. The summed E-state index contributed by atoms with van der Waals surface area (Å²) in [6.07, 6.45) is 4.92. The van der Waals surface area contributed by atoms with Crippen LogP contribution in [0.3, 0.4) is 0 Å². The van der Waals surface area contributed by atoms with Gasteiger partial charge in [-0.25, -0.2) is 9.97 Å². The smallest absolute Gasteiger partial charge is 0.254 e. The van der Waals surface area contributed by atoms with Gasteiger partial charge in [-0.15, -0.1) is 0 Å². The van der Waals surface area contributed by atoms with Gasteiger partial charge in [-0.3, -0.25) is 4.79 Å². The van der Waals surface area contributed by atoms with E-state index in [9.17, 15) is 9.36 Å². The van der Waals surface area contributed by atoms with Gasteiger partial charge in [-0.05, 0) is 86.5 Å². The summed E-state index contributed by atoms with van der Waals surface area (Å²) < 4.78 is 12.4. The van der Waals surface area contributed by atoms with Crippen LogP contribution in [0, 0.1) is 0 Å². The molecule has 2 aliphatic rings. The van der Waals surface area contributed by atoms with E-state index in [-0.39, 0.29) is 11.4 Å². The van der Waals surface area contributed by atoms with E-state index in [1.165, 1.54) is 35.7 Å². The van der Waals surface area contributed by atoms with Gasteiger partial charge in [0.15, 0.2) is 0 Å². The zero-order chi connectivity index (χ0) is 24.7. The first kappa shape index (κ1) is 23.5. The number of pyridine rings is 1. The van der Waals surface area contributed by atoms with Gasteiger partial charge >= 0.3 is 0 Å². The molecule has 1 atom stereocenters. The van der Waals surface area contributed by atoms with Crippen molar-refractivity contribution in [3.8, 4) is 0 Å². The molecular weight excluding hydrogens is 461 g/mol. The highest BCUT2D eigenvalue weighted by molar-refractivity contribution is 7.69. The number of nitrogens with two attached hydrogens (primary N) is 1. The molecule has 35 heavy (non-hydrogen) atoms. The average Bonchev–Trinajstić information content (AvgIpc) is 2.78. The van der Waals surface area contributed by atoms with Crippen molar-refractivity contribution in [3.63, 3.8) is 0 Å². The van der Waals surface area contributed by atoms with Crippen LogP contribution in [-0.4, -0.2) is 52.7 Å². The molecule has 3 heterocycles. The van der Waals surface area contributed by atoms with E-state index in [0.29, 0.717) is 23.1 Å². The standard InChI is InChI=1S/C25H30N7O2P/c1-32-13-16-7-4-6-15-10-18(11-17(14-32)22(15)16)28-25-27-12-19(23(26)33)24(31-25)30-20-8-5-9-21(29-20)35(2,3)34/h5,8-12,16H,4,6-7,13-14H2,1-3H3,(H2,26,33)(H2,27,28,29,30,31). The molecule has 0 fully saturated rings. The Morgan fingerprint density at radius 1 is 1.17 bits per heavy atom. The summed E-state index contributed by atoms with van der Waals surface area (Å²) in [7, 11) is -0.383. The van der Waals surface area contributed by atoms with E-state index in [0.717, 1.165) is 25.2 Å². The third-order valence-electron chi connectivity index (χ3n) is 6.57. The second-order valence-corrected chi connectivity index (χ2v) is 13.0. The van der Waals surface area contributed by atoms with E-state index in [1.807, 2.05) is 0 Å². The molecule has 9 nitrogen and oxygen atoms in total. The second kappa shape index (κ2) is 9.06. The molecule has 0 saturated heterocycles. The van der Waals surface area contributed by atoms with Crippen molar-refractivity contribution in [1.82, 2.24) is 19.9 Å². The molecule has 0 spiro atoms. The van der Waals surface area contributed by atoms with Crippen molar-refractivity contribution in [2.24, 2.45) is 5.73 Å². The van der Waals surface area contributed by atoms with Crippen LogP contribution in [0.4, 0.5) is 23.3 Å². The van der Waals surface area contributed by atoms with Crippen molar-refractivity contribution in [2.75, 3.05) is 37.6 Å². The number of carbonyl (C=O) groups is 1. The molecule has 0 bridgehead atoms. The normalized spacial score (nSPS) is 17.5. The number of primary amides is 1. The Morgan fingerprint density at radius 2 is 1.97 bits per heavy atom. The molecule has 0 radical (unpaired) electrons. The minimum Gasteiger partial charge on any atom is -0.365 e. The maximum absolute atomic E-state index is 12.4. The predicted octanol–water partition coefficient (Wildman–Crippen LogP) is 3.57. The van der Waals surface area contributed by atoms with E-state index >= 15 is 0 Å². The lowest BCUT2D eigenvalue weighted by Crippen LogP contribution is -2.33. The highest BCUT2D eigenvalue weighted by atomic mass is 31.2. The minimum atomic E-state index is -2.55. The minimum absolute atomic E-state index is 0.143. The summed E-state index contributed by atoms with van der Waals surface area (Å²) in [5.74, 6) is 0.952. The first-order valence-electron chi connectivity index (χ1n) is 11.7. The fraction of sp³-hybridized carbons (Fsp3) is 0.360. The number of rotatable bonds is 6. The molecule has 3 aromatic rings. The number of hydrogen-bond donors (Lipinski definition) is 3. The summed E-state index contributed by atoms with van der Waals surface area (Å²) >= 11 is 0. The van der Waals surface area contributed by atoms with Crippen LogP contribution in [0.1, 0.15) is 45.8 Å². The molecule has 182 valence electrons. The molecule has 2 aromatic heterocycles. The number of benzene rings is 1. The molecule has 1 amide bonds. The summed E-state index contributed by atoms with van der Waals surface area (Å²) in [6.45, 7) is 5.35. The van der Waals surface area contributed by atoms with E-state index in [2.05, 4.69) is 49.7 Å². The van der Waals surface area contributed by atoms with Gasteiger partial charge in [-0.2, -0.15) is 4.98 Å². The number of amides is 1. The fourth-order valence-corrected chi connectivity index (χ4v) is 5.86. The van der Waals surface area contributed by atoms with Crippen LogP contribution >= 0.6 is 7.14 Å². The summed E-state index contributed by atoms with van der Waals surface area (Å²) in [5, 5.41) is 6.37. The molecule has 1 aliphatic carbocycles. The van der Waals surface area contributed by atoms with Crippen LogP contribution in [0.5, 0.6) is 0 Å². The molecule has 1 aliphatic heterocycles. The first-order chi connectivity index (χ1) is 16.7. The van der Waals surface area contributed by atoms with Gasteiger partial charge in [0.1, 0.15) is 29.8 Å². The average molecular weight is 492 g/mol. The molecule has 10 heteroatoms. The highest BCUT2D eigenvalue weighted by Crippen LogP contribution is 2.40. The lowest BCUT2D eigenvalue weighted by Gasteiger charge is -2.37. The maximum atomic E-state index is 12.4. The lowest BCUT2D eigenvalue weighted by atomic mass is 9.77. The van der Waals surface area contributed by atoms with Crippen molar-refractivity contribution < 1.29 is 9.36 Å². The van der Waals surface area contributed by atoms with Crippen molar-refractivity contribution in [2.45, 2.75) is 31.7 Å². The zero-order valence-electron chi connectivity index (χ0n) is 20.2. The first-order valence-corrected chi connectivity index (χ1v) is 14.4. The van der Waals surface area contributed by atoms with Gasteiger partial charge in [0.2, 0.25) is 5.95 Å². The summed E-state index contributed by atoms with van der Waals surface area (Å²) in [6, 6.07) is 9.58. The summed E-state index contributed by atoms with van der Waals surface area (Å²) in [4.78, 5) is 27.7. The topological polar surface area (TPSA) is 126 Å². The van der Waals surface area contributed by atoms with E-state index < -0.39 is 13.0 Å². The van der Waals surface area contributed by atoms with Crippen LogP contribution < -0.4 is 21.8 Å². The van der Waals surface area contributed by atoms with Crippen molar-refractivity contribution in [3.05, 3.63) is 58.8 Å². The van der Waals surface area contributed by atoms with Gasteiger partial charge in [-0.1, -0.05) is 6.07 Å². The third kappa shape index (κ3) is 4.92. The monoisotopic (exact) mass is 491 g/mol. The van der Waals surface area contributed by atoms with Crippen LogP contribution in [0.15, 0.2) is 36.5 Å². The van der Waals surface area contributed by atoms with Gasteiger partial charge in [0.25, 0.3) is 5.91 Å². The van der Waals surface area contributed by atoms with E-state index in [1.54, 1.807) is 31.5 Å². The van der Waals surface area contributed by atoms with Crippen LogP contribution in [0.2, 0.25) is 0 Å². The lowest BCUT2D eigenvalue weighted by molar-refractivity contribution is 0.100. The van der Waals surface area contributed by atoms with Crippen molar-refractivity contribution in [1.29, 1.82) is 0 Å². The van der Waals surface area contributed by atoms with Gasteiger partial charge < -0.3 is 25.8 Å². The number of hydrogen-bond acceptors (Lipinski definition) is 8. The fourth-order valence-electron chi connectivity index (χ4n) is 5.07. The Labute approximate surface area is 204 Å². The maximum Gasteiger partial charge on any atom is 0.254 e. The largest absolute Gasteiger partial charge is 0.365 e. The number of likely N-dealkylation sites (N-methyl/N-ethyl adjacent to an activating group) is 1. The van der Waals surface area contributed by atoms with Crippen molar-refractivity contribution >= 4 is 41.8 Å². The number of nitrogens with zero attached hydrogens (tertiary/aromatic N) is 4. The number of anilines is 4. The molecule has 5 rings (SSSR count). The quantitative estimate of drug-likeness (QED) is 0.447. The molecule has 1 aromatic carbocycles. The SMILES string of the molecule is CN1Cc2cc(Nc3ncc(C(N)=O)c(Nc4cccc(P(C)(C)=O)n4)n3)cc3c2C(CCC3)C1. The van der Waals surface area contributed by atoms with Crippen LogP contribution in [-0.2, 0) is 17.5 Å². The molecule has 1 unspecified atom stereocenters. The Kier molecular flexibility index (Phi) is 6.07. The number of aryl methyl sites for hydroxylation is 1. The molecular formula is C25H30N7O2P. The highest BCUT2D eigenvalue weighted by Gasteiger charge is 2.29. The van der Waals surface area contributed by atoms with Gasteiger partial charge in [0, 0.05) is 25.0 Å². The number of nitrogens with one attached hydrogen (secondary N) is 2. The summed E-state index contributed by atoms with van der Waals surface area (Å²) in [5.41, 5.74) is 11.4. The zero-order valence-corrected chi connectivity index (χ0v) is 21.1. The number of aromatic nitrogens is 3.